The van der Waals surface area contributed by atoms with Crippen molar-refractivity contribution in [2.45, 2.75) is 71.8 Å². The Balaban J connectivity index is 1.49. The van der Waals surface area contributed by atoms with Gasteiger partial charge in [0.15, 0.2) is 11.5 Å². The predicted octanol–water partition coefficient (Wildman–Crippen LogP) is 4.31. The van der Waals surface area contributed by atoms with Crippen molar-refractivity contribution in [2.75, 3.05) is 0 Å². The molecule has 0 saturated heterocycles. The summed E-state index contributed by atoms with van der Waals surface area (Å²) < 4.78 is 13.2. The van der Waals surface area contributed by atoms with Crippen LogP contribution in [0, 0.1) is 26.7 Å². The van der Waals surface area contributed by atoms with Crippen molar-refractivity contribution in [3.8, 4) is 11.5 Å². The van der Waals surface area contributed by atoms with Crippen molar-refractivity contribution < 1.29 is 24.2 Å². The highest BCUT2D eigenvalue weighted by atomic mass is 79.9. The maximum atomic E-state index is 13.1. The molecule has 1 fully saturated rings. The molecule has 0 unspecified atom stereocenters. The number of pyridine rings is 1. The molecule has 35 heavy (non-hydrogen) atoms. The molecule has 4 rings (SSSR count). The Morgan fingerprint density at radius 2 is 1.80 bits per heavy atom. The number of carbonyl (C=O) groups excluding carboxylic acids is 1. The van der Waals surface area contributed by atoms with E-state index in [2.05, 4.69) is 31.5 Å². The summed E-state index contributed by atoms with van der Waals surface area (Å²) in [6, 6.07) is 3.51. The maximum absolute atomic E-state index is 13.1. The third-order valence-electron chi connectivity index (χ3n) is 7.01. The number of carboxylic acid groups (broad SMARTS) is 1. The standard InChI is InChI=1S/C25H30BrN3O6/c1-12-9-13(2)28-23(31)18(12)11-27-22(30)17-10-19(26)21-20(14(17)3)34-25(4,35-21)15-5-7-16(8-6-15)29-24(32)33/h9-10,15-16,29H,5-8,11H2,1-4H3,(H,27,30)(H,28,31)(H,32,33)/t15?,16?,25-/m1/s1. The van der Waals surface area contributed by atoms with Crippen LogP contribution in [0.5, 0.6) is 11.5 Å². The molecule has 2 aliphatic rings. The molecule has 4 N–H and O–H groups in total. The van der Waals surface area contributed by atoms with Gasteiger partial charge in [-0.25, -0.2) is 4.79 Å². The number of hydrogen-bond acceptors (Lipinski definition) is 5. The second kappa shape index (κ2) is 9.56. The zero-order valence-corrected chi connectivity index (χ0v) is 21.8. The Hall–Kier alpha value is -3.01. The van der Waals surface area contributed by atoms with Crippen LogP contribution in [0.15, 0.2) is 21.4 Å². The first-order valence-corrected chi connectivity index (χ1v) is 12.5. The summed E-state index contributed by atoms with van der Waals surface area (Å²) >= 11 is 3.52. The Morgan fingerprint density at radius 3 is 2.43 bits per heavy atom. The lowest BCUT2D eigenvalue weighted by molar-refractivity contribution is -0.121. The van der Waals surface area contributed by atoms with Crippen LogP contribution in [0.4, 0.5) is 4.79 Å². The van der Waals surface area contributed by atoms with Crippen LogP contribution in [0.1, 0.15) is 65.3 Å². The lowest BCUT2D eigenvalue weighted by atomic mass is 9.81. The summed E-state index contributed by atoms with van der Waals surface area (Å²) in [4.78, 5) is 39.1. The Morgan fingerprint density at radius 1 is 1.14 bits per heavy atom. The molecule has 2 heterocycles. The van der Waals surface area contributed by atoms with Crippen LogP contribution < -0.4 is 25.7 Å². The third kappa shape index (κ3) is 5.03. The minimum Gasteiger partial charge on any atom is -0.465 e. The van der Waals surface area contributed by atoms with Crippen LogP contribution in [-0.2, 0) is 6.54 Å². The van der Waals surface area contributed by atoms with E-state index in [1.807, 2.05) is 33.8 Å². The summed E-state index contributed by atoms with van der Waals surface area (Å²) in [6.45, 7) is 7.47. The van der Waals surface area contributed by atoms with Gasteiger partial charge in [-0.3, -0.25) is 9.59 Å². The number of ether oxygens (including phenoxy) is 2. The first-order valence-electron chi connectivity index (χ1n) is 11.7. The average molecular weight is 548 g/mol. The van der Waals surface area contributed by atoms with Gasteiger partial charge < -0.3 is 30.2 Å². The summed E-state index contributed by atoms with van der Waals surface area (Å²) in [5.74, 6) is -0.0877. The van der Waals surface area contributed by atoms with E-state index in [4.69, 9.17) is 14.6 Å². The van der Waals surface area contributed by atoms with Crippen molar-refractivity contribution in [2.24, 2.45) is 5.92 Å². The van der Waals surface area contributed by atoms with Crippen LogP contribution in [0.3, 0.4) is 0 Å². The van der Waals surface area contributed by atoms with E-state index in [9.17, 15) is 14.4 Å². The molecule has 0 radical (unpaired) electrons. The smallest absolute Gasteiger partial charge is 0.404 e. The number of H-pyrrole nitrogens is 1. The molecule has 0 bridgehead atoms. The van der Waals surface area contributed by atoms with Gasteiger partial charge in [0.05, 0.1) is 4.47 Å². The topological polar surface area (TPSA) is 130 Å². The number of aromatic amines is 1. The zero-order chi connectivity index (χ0) is 25.5. The molecule has 1 aromatic carbocycles. The van der Waals surface area contributed by atoms with E-state index in [0.29, 0.717) is 45.5 Å². The van der Waals surface area contributed by atoms with Crippen LogP contribution in [-0.4, -0.2) is 33.9 Å². The molecule has 1 aliphatic heterocycles. The number of halogens is 1. The van der Waals surface area contributed by atoms with Gasteiger partial charge in [-0.05, 0) is 80.1 Å². The number of aryl methyl sites for hydroxylation is 2. The number of hydrogen-bond donors (Lipinski definition) is 4. The van der Waals surface area contributed by atoms with Gasteiger partial charge in [-0.15, -0.1) is 0 Å². The highest BCUT2D eigenvalue weighted by molar-refractivity contribution is 9.10. The van der Waals surface area contributed by atoms with Gasteiger partial charge in [0.25, 0.3) is 17.3 Å². The number of amides is 2. The molecule has 1 aromatic heterocycles. The van der Waals surface area contributed by atoms with Gasteiger partial charge in [0, 0.05) is 47.8 Å². The summed E-state index contributed by atoms with van der Waals surface area (Å²) in [6.07, 6.45) is 1.92. The first-order chi connectivity index (χ1) is 16.5. The largest absolute Gasteiger partial charge is 0.465 e. The lowest BCUT2D eigenvalue weighted by Gasteiger charge is -2.37. The third-order valence-corrected chi connectivity index (χ3v) is 7.60. The number of benzene rings is 1. The summed E-state index contributed by atoms with van der Waals surface area (Å²) in [5, 5.41) is 14.4. The fourth-order valence-electron chi connectivity index (χ4n) is 5.05. The number of nitrogens with one attached hydrogen (secondary N) is 3. The normalized spacial score (nSPS) is 23.1. The SMILES string of the molecule is Cc1cc(C)c(CNC(=O)c2cc(Br)c3c(c2C)O[C@@](C)(C2CCC(NC(=O)O)CC2)O3)c(=O)[nH]1. The number of aromatic nitrogens is 1. The van der Waals surface area contributed by atoms with Crippen LogP contribution in [0.2, 0.25) is 0 Å². The molecule has 0 spiro atoms. The average Bonchev–Trinajstić information content (AvgIpc) is 3.15. The van der Waals surface area contributed by atoms with Crippen molar-refractivity contribution in [1.82, 2.24) is 15.6 Å². The molecule has 2 aromatic rings. The van der Waals surface area contributed by atoms with Crippen molar-refractivity contribution in [3.05, 3.63) is 54.9 Å². The van der Waals surface area contributed by atoms with Crippen LogP contribution in [0.25, 0.3) is 0 Å². The second-order valence-electron chi connectivity index (χ2n) is 9.53. The molecular weight excluding hydrogens is 518 g/mol. The second-order valence-corrected chi connectivity index (χ2v) is 10.4. The van der Waals surface area contributed by atoms with Gasteiger partial charge >= 0.3 is 6.09 Å². The van der Waals surface area contributed by atoms with Gasteiger partial charge in [0.2, 0.25) is 0 Å². The van der Waals surface area contributed by atoms with E-state index in [1.165, 1.54) is 0 Å². The van der Waals surface area contributed by atoms with Crippen molar-refractivity contribution in [1.29, 1.82) is 0 Å². The zero-order valence-electron chi connectivity index (χ0n) is 20.2. The monoisotopic (exact) mass is 547 g/mol. The predicted molar refractivity (Wildman–Crippen MR) is 133 cm³/mol. The Bertz CT molecular complexity index is 1230. The molecule has 188 valence electrons. The van der Waals surface area contributed by atoms with E-state index in [0.717, 1.165) is 24.1 Å². The highest BCUT2D eigenvalue weighted by Gasteiger charge is 2.47. The number of rotatable bonds is 5. The van der Waals surface area contributed by atoms with Gasteiger partial charge in [-0.1, -0.05) is 0 Å². The highest BCUT2D eigenvalue weighted by Crippen LogP contribution is 2.51. The molecule has 2 amide bonds. The lowest BCUT2D eigenvalue weighted by Crippen LogP contribution is -2.47. The first kappa shape index (κ1) is 25.1. The van der Waals surface area contributed by atoms with Gasteiger partial charge in [0.1, 0.15) is 0 Å². The fraction of sp³-hybridized carbons (Fsp3) is 0.480. The molecular formula is C25H30BrN3O6. The molecule has 9 nitrogen and oxygen atoms in total. The van der Waals surface area contributed by atoms with E-state index in [1.54, 1.807) is 6.07 Å². The molecule has 1 saturated carbocycles. The number of fused-ring (bicyclic) bond motifs is 1. The summed E-state index contributed by atoms with van der Waals surface area (Å²) in [5.41, 5.74) is 2.98. The molecule has 1 aliphatic carbocycles. The number of carbonyl (C=O) groups is 2. The fourth-order valence-corrected chi connectivity index (χ4v) is 5.54. The van der Waals surface area contributed by atoms with Crippen molar-refractivity contribution >= 4 is 27.9 Å². The van der Waals surface area contributed by atoms with E-state index in [-0.39, 0.29) is 30.0 Å². The Kier molecular flexibility index (Phi) is 6.86. The quantitative estimate of drug-likeness (QED) is 0.441. The van der Waals surface area contributed by atoms with Crippen LogP contribution >= 0.6 is 15.9 Å². The minimum atomic E-state index is -1.01. The van der Waals surface area contributed by atoms with Gasteiger partial charge in [-0.2, -0.15) is 0 Å². The van der Waals surface area contributed by atoms with E-state index >= 15 is 0 Å². The minimum absolute atomic E-state index is 0.0655. The molecule has 1 atom stereocenters. The maximum Gasteiger partial charge on any atom is 0.404 e. The van der Waals surface area contributed by atoms with Crippen molar-refractivity contribution in [3.63, 3.8) is 0 Å². The van der Waals surface area contributed by atoms with E-state index < -0.39 is 11.9 Å². The summed E-state index contributed by atoms with van der Waals surface area (Å²) in [7, 11) is 0. The Labute approximate surface area is 211 Å². The molecule has 10 heteroatoms.